The summed E-state index contributed by atoms with van der Waals surface area (Å²) in [6, 6.07) is 6.78. The molecule has 2 atom stereocenters. The zero-order valence-electron chi connectivity index (χ0n) is 11.4. The van der Waals surface area contributed by atoms with Gasteiger partial charge in [0, 0.05) is 18.0 Å². The van der Waals surface area contributed by atoms with Crippen molar-refractivity contribution in [1.82, 2.24) is 5.32 Å². The lowest BCUT2D eigenvalue weighted by molar-refractivity contribution is 0.151. The van der Waals surface area contributed by atoms with E-state index in [0.717, 1.165) is 24.0 Å². The summed E-state index contributed by atoms with van der Waals surface area (Å²) < 4.78 is 18.8. The molecule has 0 amide bonds. The van der Waals surface area contributed by atoms with Crippen molar-refractivity contribution >= 4 is 11.0 Å². The number of fused-ring (bicyclic) bond motifs is 1. The van der Waals surface area contributed by atoms with E-state index in [4.69, 9.17) is 4.42 Å². The Labute approximate surface area is 117 Å². The maximum Gasteiger partial charge on any atom is 0.134 e. The van der Waals surface area contributed by atoms with Crippen LogP contribution in [-0.2, 0) is 6.54 Å². The fourth-order valence-corrected chi connectivity index (χ4v) is 3.08. The molecule has 0 radical (unpaired) electrons. The van der Waals surface area contributed by atoms with E-state index < -0.39 is 0 Å². The van der Waals surface area contributed by atoms with E-state index in [1.54, 1.807) is 6.07 Å². The van der Waals surface area contributed by atoms with Crippen LogP contribution in [0.2, 0.25) is 0 Å². The van der Waals surface area contributed by atoms with Crippen molar-refractivity contribution < 1.29 is 13.9 Å². The Bertz CT molecular complexity index is 581. The Morgan fingerprint density at radius 3 is 2.95 bits per heavy atom. The lowest BCUT2D eigenvalue weighted by Gasteiger charge is -2.30. The van der Waals surface area contributed by atoms with E-state index >= 15 is 0 Å². The molecule has 0 saturated heterocycles. The number of rotatable bonds is 4. The predicted molar refractivity (Wildman–Crippen MR) is 75.8 cm³/mol. The lowest BCUT2D eigenvalue weighted by Crippen LogP contribution is -2.39. The van der Waals surface area contributed by atoms with Crippen LogP contribution in [0.1, 0.15) is 31.4 Å². The van der Waals surface area contributed by atoms with Crippen molar-refractivity contribution in [2.24, 2.45) is 5.92 Å². The number of aliphatic hydroxyl groups is 1. The third-order valence-corrected chi connectivity index (χ3v) is 4.21. The highest BCUT2D eigenvalue weighted by Crippen LogP contribution is 2.25. The summed E-state index contributed by atoms with van der Waals surface area (Å²) in [5.41, 5.74) is 0.713. The molecule has 2 aromatic rings. The maximum atomic E-state index is 13.1. The minimum absolute atomic E-state index is 0.239. The molecular weight excluding hydrogens is 257 g/mol. The summed E-state index contributed by atoms with van der Waals surface area (Å²) in [5.74, 6) is 0.906. The van der Waals surface area contributed by atoms with Crippen LogP contribution in [0.15, 0.2) is 28.7 Å². The van der Waals surface area contributed by atoms with E-state index in [-0.39, 0.29) is 12.4 Å². The van der Waals surface area contributed by atoms with E-state index in [1.165, 1.54) is 25.0 Å². The molecule has 2 N–H and O–H groups in total. The summed E-state index contributed by atoms with van der Waals surface area (Å²) in [6.07, 6.45) is 4.59. The Morgan fingerprint density at radius 2 is 2.10 bits per heavy atom. The zero-order valence-corrected chi connectivity index (χ0v) is 11.4. The third-order valence-electron chi connectivity index (χ3n) is 4.21. The van der Waals surface area contributed by atoms with Crippen LogP contribution in [0.5, 0.6) is 0 Å². The molecule has 1 aliphatic rings. The zero-order chi connectivity index (χ0) is 13.9. The Kier molecular flexibility index (Phi) is 4.03. The molecule has 1 fully saturated rings. The molecule has 1 aromatic heterocycles. The largest absolute Gasteiger partial charge is 0.460 e. The van der Waals surface area contributed by atoms with Gasteiger partial charge in [0.2, 0.25) is 0 Å². The van der Waals surface area contributed by atoms with Gasteiger partial charge >= 0.3 is 0 Å². The SMILES string of the molecule is OCC1CCCCC1NCc1cc2cc(F)ccc2o1. The molecule has 1 aliphatic carbocycles. The molecule has 0 spiro atoms. The topological polar surface area (TPSA) is 45.4 Å². The Balaban J connectivity index is 1.67. The summed E-state index contributed by atoms with van der Waals surface area (Å²) >= 11 is 0. The fourth-order valence-electron chi connectivity index (χ4n) is 3.08. The lowest BCUT2D eigenvalue weighted by atomic mass is 9.85. The highest BCUT2D eigenvalue weighted by Gasteiger charge is 2.24. The average Bonchev–Trinajstić information content (AvgIpc) is 2.87. The van der Waals surface area contributed by atoms with Crippen LogP contribution in [0.3, 0.4) is 0 Å². The van der Waals surface area contributed by atoms with Gasteiger partial charge in [-0.25, -0.2) is 4.39 Å². The number of halogens is 1. The van der Waals surface area contributed by atoms with Crippen molar-refractivity contribution in [3.05, 3.63) is 35.8 Å². The summed E-state index contributed by atoms with van der Waals surface area (Å²) in [5, 5.41) is 13.7. The molecule has 4 heteroatoms. The van der Waals surface area contributed by atoms with Gasteiger partial charge in [0.1, 0.15) is 17.2 Å². The minimum Gasteiger partial charge on any atom is -0.460 e. The van der Waals surface area contributed by atoms with Crippen LogP contribution in [-0.4, -0.2) is 17.8 Å². The molecule has 20 heavy (non-hydrogen) atoms. The first-order chi connectivity index (χ1) is 9.76. The van der Waals surface area contributed by atoms with Crippen molar-refractivity contribution in [1.29, 1.82) is 0 Å². The van der Waals surface area contributed by atoms with Gasteiger partial charge in [-0.15, -0.1) is 0 Å². The fraction of sp³-hybridized carbons (Fsp3) is 0.500. The number of furan rings is 1. The number of hydrogen-bond donors (Lipinski definition) is 2. The van der Waals surface area contributed by atoms with Gasteiger partial charge in [-0.2, -0.15) is 0 Å². The molecular formula is C16H20FNO2. The van der Waals surface area contributed by atoms with E-state index in [1.807, 2.05) is 6.07 Å². The highest BCUT2D eigenvalue weighted by atomic mass is 19.1. The van der Waals surface area contributed by atoms with Gasteiger partial charge in [0.15, 0.2) is 0 Å². The van der Waals surface area contributed by atoms with Gasteiger partial charge in [-0.3, -0.25) is 0 Å². The van der Waals surface area contributed by atoms with Crippen LogP contribution in [0, 0.1) is 11.7 Å². The van der Waals surface area contributed by atoms with Crippen LogP contribution >= 0.6 is 0 Å². The maximum absolute atomic E-state index is 13.1. The number of nitrogens with one attached hydrogen (secondary N) is 1. The third kappa shape index (κ3) is 2.86. The first-order valence-electron chi connectivity index (χ1n) is 7.28. The second-order valence-electron chi connectivity index (χ2n) is 5.61. The van der Waals surface area contributed by atoms with Crippen molar-refractivity contribution in [3.63, 3.8) is 0 Å². The number of aliphatic hydroxyl groups excluding tert-OH is 1. The molecule has 3 rings (SSSR count). The van der Waals surface area contributed by atoms with Gasteiger partial charge in [-0.1, -0.05) is 12.8 Å². The summed E-state index contributed by atoms with van der Waals surface area (Å²) in [4.78, 5) is 0. The number of benzene rings is 1. The second-order valence-corrected chi connectivity index (χ2v) is 5.61. The van der Waals surface area contributed by atoms with Gasteiger partial charge < -0.3 is 14.8 Å². The molecule has 1 aromatic carbocycles. The van der Waals surface area contributed by atoms with Gasteiger partial charge in [-0.05, 0) is 43.0 Å². The van der Waals surface area contributed by atoms with Crippen LogP contribution in [0.25, 0.3) is 11.0 Å². The molecule has 1 heterocycles. The predicted octanol–water partition coefficient (Wildman–Crippen LogP) is 3.21. The van der Waals surface area contributed by atoms with Crippen molar-refractivity contribution in [2.45, 2.75) is 38.3 Å². The molecule has 0 bridgehead atoms. The summed E-state index contributed by atoms with van der Waals surface area (Å²) in [6.45, 7) is 0.862. The quantitative estimate of drug-likeness (QED) is 0.902. The van der Waals surface area contributed by atoms with Crippen molar-refractivity contribution in [3.8, 4) is 0 Å². The molecule has 3 nitrogen and oxygen atoms in total. The first-order valence-corrected chi connectivity index (χ1v) is 7.28. The van der Waals surface area contributed by atoms with E-state index in [0.29, 0.717) is 24.1 Å². The van der Waals surface area contributed by atoms with E-state index in [2.05, 4.69) is 5.32 Å². The highest BCUT2D eigenvalue weighted by molar-refractivity contribution is 5.77. The van der Waals surface area contributed by atoms with Gasteiger partial charge in [0.25, 0.3) is 0 Å². The second kappa shape index (κ2) is 5.94. The first kappa shape index (κ1) is 13.6. The monoisotopic (exact) mass is 277 g/mol. The smallest absolute Gasteiger partial charge is 0.134 e. The Morgan fingerprint density at radius 1 is 1.25 bits per heavy atom. The van der Waals surface area contributed by atoms with Crippen molar-refractivity contribution in [2.75, 3.05) is 6.61 Å². The number of hydrogen-bond acceptors (Lipinski definition) is 3. The molecule has 0 aliphatic heterocycles. The van der Waals surface area contributed by atoms with Crippen LogP contribution < -0.4 is 5.32 Å². The van der Waals surface area contributed by atoms with Gasteiger partial charge in [0.05, 0.1) is 6.54 Å². The molecule has 108 valence electrons. The summed E-state index contributed by atoms with van der Waals surface area (Å²) in [7, 11) is 0. The van der Waals surface area contributed by atoms with E-state index in [9.17, 15) is 9.50 Å². The average molecular weight is 277 g/mol. The normalized spacial score (nSPS) is 23.3. The molecule has 1 saturated carbocycles. The molecule has 2 unspecified atom stereocenters. The Hall–Kier alpha value is -1.39. The van der Waals surface area contributed by atoms with Crippen LogP contribution in [0.4, 0.5) is 4.39 Å². The minimum atomic E-state index is -0.245. The standard InChI is InChI=1S/C16H20FNO2/c17-13-5-6-16-12(7-13)8-14(20-16)9-18-15-4-2-1-3-11(15)10-19/h5-8,11,15,18-19H,1-4,9-10H2.